The Morgan fingerprint density at radius 3 is 2.41 bits per heavy atom. The number of amides is 3. The van der Waals surface area contributed by atoms with Gasteiger partial charge in [-0.2, -0.15) is 0 Å². The number of urea groups is 1. The monoisotopic (exact) mass is 327 g/mol. The summed E-state index contributed by atoms with van der Waals surface area (Å²) in [5.74, 6) is -0.631. The number of anilines is 1. The Morgan fingerprint density at radius 1 is 1.41 bits per heavy atom. The minimum atomic E-state index is -1.00. The van der Waals surface area contributed by atoms with Crippen LogP contribution in [0.25, 0.3) is 0 Å². The van der Waals surface area contributed by atoms with E-state index in [2.05, 4.69) is 5.32 Å². The molecule has 6 nitrogen and oxygen atoms in total. The van der Waals surface area contributed by atoms with Crippen molar-refractivity contribution in [1.82, 2.24) is 4.90 Å². The van der Waals surface area contributed by atoms with Gasteiger partial charge >= 0.3 is 6.03 Å². The van der Waals surface area contributed by atoms with Gasteiger partial charge in [0.2, 0.25) is 5.91 Å². The van der Waals surface area contributed by atoms with Gasteiger partial charge in [-0.3, -0.25) is 4.79 Å². The van der Waals surface area contributed by atoms with Crippen molar-refractivity contribution in [1.29, 1.82) is 0 Å². The molecule has 0 aliphatic carbocycles. The number of nitrogens with one attached hydrogen (secondary N) is 1. The van der Waals surface area contributed by atoms with Crippen LogP contribution in [0.3, 0.4) is 0 Å². The summed E-state index contributed by atoms with van der Waals surface area (Å²) in [5.41, 5.74) is 4.81. The van der Waals surface area contributed by atoms with Crippen LogP contribution in [0.15, 0.2) is 18.2 Å². The number of carbonyl (C=O) groups is 2. The highest BCUT2D eigenvalue weighted by Crippen LogP contribution is 2.21. The van der Waals surface area contributed by atoms with Crippen molar-refractivity contribution in [3.8, 4) is 0 Å². The van der Waals surface area contributed by atoms with Crippen molar-refractivity contribution in [2.75, 3.05) is 11.9 Å². The highest BCUT2D eigenvalue weighted by molar-refractivity contribution is 6.34. The van der Waals surface area contributed by atoms with E-state index in [0.29, 0.717) is 5.69 Å². The van der Waals surface area contributed by atoms with Crippen molar-refractivity contribution in [3.63, 3.8) is 0 Å². The van der Waals surface area contributed by atoms with E-state index in [1.54, 1.807) is 19.9 Å². The van der Waals surface area contributed by atoms with Gasteiger partial charge in [0.1, 0.15) is 0 Å². The summed E-state index contributed by atoms with van der Waals surface area (Å²) >= 11 is 5.95. The van der Waals surface area contributed by atoms with Crippen LogP contribution in [0.5, 0.6) is 0 Å². The third-order valence-electron chi connectivity index (χ3n) is 2.93. The maximum absolute atomic E-state index is 12.3. The van der Waals surface area contributed by atoms with Crippen molar-refractivity contribution < 1.29 is 14.7 Å². The molecule has 0 aliphatic rings. The third-order valence-corrected chi connectivity index (χ3v) is 3.24. The number of hydrogen-bond donors (Lipinski definition) is 3. The molecule has 4 N–H and O–H groups in total. The second-order valence-corrected chi connectivity index (χ2v) is 6.43. The topological polar surface area (TPSA) is 95.7 Å². The molecule has 0 aromatic heterocycles. The fourth-order valence-corrected chi connectivity index (χ4v) is 2.17. The van der Waals surface area contributed by atoms with Crippen molar-refractivity contribution in [2.24, 2.45) is 5.73 Å². The first kappa shape index (κ1) is 18.3. The number of aliphatic hydroxyl groups is 1. The molecule has 0 radical (unpaired) electrons. The van der Waals surface area contributed by atoms with Crippen LogP contribution in [0.1, 0.15) is 38.1 Å². The molecule has 0 spiro atoms. The van der Waals surface area contributed by atoms with Crippen molar-refractivity contribution >= 4 is 29.2 Å². The van der Waals surface area contributed by atoms with Gasteiger partial charge in [0.25, 0.3) is 0 Å². The molecule has 0 unspecified atom stereocenters. The molecule has 1 aromatic carbocycles. The van der Waals surface area contributed by atoms with Gasteiger partial charge in [-0.1, -0.05) is 11.6 Å². The summed E-state index contributed by atoms with van der Waals surface area (Å²) < 4.78 is 0. The Balaban J connectivity index is 2.90. The molecular weight excluding hydrogens is 306 g/mol. The number of hydrogen-bond acceptors (Lipinski definition) is 3. The van der Waals surface area contributed by atoms with Crippen LogP contribution < -0.4 is 11.1 Å². The molecule has 0 aliphatic heterocycles. The van der Waals surface area contributed by atoms with E-state index in [-0.39, 0.29) is 29.2 Å². The molecule has 0 atom stereocenters. The Morgan fingerprint density at radius 2 is 2.00 bits per heavy atom. The second kappa shape index (κ2) is 6.98. The number of carbonyl (C=O) groups excluding carboxylic acids is 2. The molecule has 22 heavy (non-hydrogen) atoms. The summed E-state index contributed by atoms with van der Waals surface area (Å²) in [7, 11) is 0. The van der Waals surface area contributed by atoms with E-state index in [1.165, 1.54) is 17.0 Å². The van der Waals surface area contributed by atoms with Crippen LogP contribution in [-0.2, 0) is 0 Å². The average Bonchev–Trinajstić information content (AvgIpc) is 2.34. The van der Waals surface area contributed by atoms with Gasteiger partial charge < -0.3 is 21.1 Å². The summed E-state index contributed by atoms with van der Waals surface area (Å²) in [6.45, 7) is 7.16. The fraction of sp³-hybridized carbons (Fsp3) is 0.467. The van der Waals surface area contributed by atoms with E-state index in [4.69, 9.17) is 17.3 Å². The number of nitrogens with two attached hydrogens (primary N) is 1. The van der Waals surface area contributed by atoms with Gasteiger partial charge in [0, 0.05) is 11.7 Å². The first-order valence-electron chi connectivity index (χ1n) is 6.90. The Hall–Kier alpha value is -1.79. The number of benzene rings is 1. The summed E-state index contributed by atoms with van der Waals surface area (Å²) in [4.78, 5) is 25.0. The van der Waals surface area contributed by atoms with Crippen LogP contribution in [0, 0.1) is 0 Å². The SMILES string of the molecule is CC(C)N(CC(C)(C)O)C(=O)Nc1ccc(C(N)=O)c(Cl)c1. The van der Waals surface area contributed by atoms with Crippen molar-refractivity contribution in [3.05, 3.63) is 28.8 Å². The molecule has 1 rings (SSSR count). The number of nitrogens with zero attached hydrogens (tertiary/aromatic N) is 1. The zero-order valence-corrected chi connectivity index (χ0v) is 13.9. The molecule has 0 saturated carbocycles. The maximum Gasteiger partial charge on any atom is 0.322 e. The lowest BCUT2D eigenvalue weighted by atomic mass is 10.1. The number of primary amides is 1. The van der Waals surface area contributed by atoms with Gasteiger partial charge in [0.15, 0.2) is 0 Å². The van der Waals surface area contributed by atoms with E-state index in [0.717, 1.165) is 0 Å². The summed E-state index contributed by atoms with van der Waals surface area (Å²) in [5, 5.41) is 12.8. The lowest BCUT2D eigenvalue weighted by molar-refractivity contribution is 0.0412. The van der Waals surface area contributed by atoms with Gasteiger partial charge in [0.05, 0.1) is 22.7 Å². The lowest BCUT2D eigenvalue weighted by Crippen LogP contribution is -2.47. The predicted octanol–water partition coefficient (Wildman–Crippen LogP) is 2.45. The first-order chi connectivity index (χ1) is 10.0. The smallest absolute Gasteiger partial charge is 0.322 e. The van der Waals surface area contributed by atoms with Crippen LogP contribution in [0.4, 0.5) is 10.5 Å². The van der Waals surface area contributed by atoms with Gasteiger partial charge in [-0.25, -0.2) is 4.79 Å². The average molecular weight is 328 g/mol. The largest absolute Gasteiger partial charge is 0.389 e. The van der Waals surface area contributed by atoms with E-state index >= 15 is 0 Å². The summed E-state index contributed by atoms with van der Waals surface area (Å²) in [6.07, 6.45) is 0. The van der Waals surface area contributed by atoms with Gasteiger partial charge in [-0.05, 0) is 45.9 Å². The highest BCUT2D eigenvalue weighted by Gasteiger charge is 2.24. The molecule has 1 aromatic rings. The Bertz CT molecular complexity index is 568. The summed E-state index contributed by atoms with van der Waals surface area (Å²) in [6, 6.07) is 4.01. The number of halogens is 1. The van der Waals surface area contributed by atoms with Gasteiger partial charge in [-0.15, -0.1) is 0 Å². The van der Waals surface area contributed by atoms with Crippen LogP contribution >= 0.6 is 11.6 Å². The van der Waals surface area contributed by atoms with Crippen LogP contribution in [0.2, 0.25) is 5.02 Å². The Labute approximate surface area is 135 Å². The van der Waals surface area contributed by atoms with E-state index in [1.807, 2.05) is 13.8 Å². The molecule has 3 amide bonds. The zero-order chi connectivity index (χ0) is 17.1. The molecule has 0 fully saturated rings. The Kier molecular flexibility index (Phi) is 5.79. The molecular formula is C15H22ClN3O3. The van der Waals surface area contributed by atoms with Crippen molar-refractivity contribution in [2.45, 2.75) is 39.3 Å². The van der Waals surface area contributed by atoms with E-state index in [9.17, 15) is 14.7 Å². The molecule has 122 valence electrons. The van der Waals surface area contributed by atoms with E-state index < -0.39 is 11.5 Å². The van der Waals surface area contributed by atoms with Crippen LogP contribution in [-0.4, -0.2) is 40.1 Å². The predicted molar refractivity (Wildman–Crippen MR) is 87.1 cm³/mol. The zero-order valence-electron chi connectivity index (χ0n) is 13.2. The minimum Gasteiger partial charge on any atom is -0.389 e. The minimum absolute atomic E-state index is 0.0909. The molecule has 0 heterocycles. The fourth-order valence-electron chi connectivity index (χ4n) is 1.89. The third kappa shape index (κ3) is 5.20. The number of rotatable bonds is 5. The second-order valence-electron chi connectivity index (χ2n) is 6.02. The first-order valence-corrected chi connectivity index (χ1v) is 7.28. The molecule has 0 bridgehead atoms. The lowest BCUT2D eigenvalue weighted by Gasteiger charge is -2.32. The maximum atomic E-state index is 12.3. The highest BCUT2D eigenvalue weighted by atomic mass is 35.5. The normalized spacial score (nSPS) is 11.4. The molecule has 7 heteroatoms. The standard InChI is InChI=1S/C15H22ClN3O3/c1-9(2)19(8-15(3,4)22)14(21)18-10-5-6-11(13(17)20)12(16)7-10/h5-7,9,22H,8H2,1-4H3,(H2,17,20)(H,18,21). The quantitative estimate of drug-likeness (QED) is 0.775. The molecule has 0 saturated heterocycles.